The number of carboxylic acids is 1. The summed E-state index contributed by atoms with van der Waals surface area (Å²) in [5, 5.41) is 9.65. The molecule has 0 aromatic carbocycles. The van der Waals surface area contributed by atoms with Crippen molar-refractivity contribution < 1.29 is 9.90 Å². The van der Waals surface area contributed by atoms with Gasteiger partial charge in [0.15, 0.2) is 5.69 Å². The summed E-state index contributed by atoms with van der Waals surface area (Å²) in [6.07, 6.45) is 1.69. The van der Waals surface area contributed by atoms with Gasteiger partial charge in [-0.3, -0.25) is 0 Å². The fourth-order valence-corrected chi connectivity index (χ4v) is 1.61. The van der Waals surface area contributed by atoms with Gasteiger partial charge in [-0.1, -0.05) is 0 Å². The third-order valence-corrected chi connectivity index (χ3v) is 2.12. The highest BCUT2D eigenvalue weighted by Gasteiger charge is 2.11. The number of fused-ring (bicyclic) bond motifs is 1. The van der Waals surface area contributed by atoms with E-state index in [9.17, 15) is 4.79 Å². The number of halogens is 1. The van der Waals surface area contributed by atoms with Crippen molar-refractivity contribution in [2.75, 3.05) is 0 Å². The zero-order valence-corrected chi connectivity index (χ0v) is 8.00. The van der Waals surface area contributed by atoms with Gasteiger partial charge in [0.05, 0.1) is 5.52 Å². The van der Waals surface area contributed by atoms with Crippen LogP contribution in [0, 0.1) is 0 Å². The molecule has 4 nitrogen and oxygen atoms in total. The summed E-state index contributed by atoms with van der Waals surface area (Å²) >= 11 is 3.15. The average molecular weight is 241 g/mol. The molecule has 2 aromatic heterocycles. The second-order valence-electron chi connectivity index (χ2n) is 2.54. The van der Waals surface area contributed by atoms with Crippen LogP contribution in [0.4, 0.5) is 0 Å². The molecule has 2 rings (SSSR count). The van der Waals surface area contributed by atoms with Crippen LogP contribution in [0.5, 0.6) is 0 Å². The highest BCUT2D eigenvalue weighted by molar-refractivity contribution is 9.10. The molecule has 0 spiro atoms. The van der Waals surface area contributed by atoms with Gasteiger partial charge in [0.25, 0.3) is 0 Å². The predicted octanol–water partition coefficient (Wildman–Crippen LogP) is 2.02. The van der Waals surface area contributed by atoms with E-state index in [1.54, 1.807) is 18.3 Å². The number of hydrogen-bond donors (Lipinski definition) is 2. The lowest BCUT2D eigenvalue weighted by Gasteiger charge is -1.97. The van der Waals surface area contributed by atoms with Crippen LogP contribution >= 0.6 is 15.9 Å². The molecular formula is C8H5BrN2O2. The second-order valence-corrected chi connectivity index (χ2v) is 3.35. The lowest BCUT2D eigenvalue weighted by atomic mass is 10.2. The Morgan fingerprint density at radius 2 is 2.38 bits per heavy atom. The first-order valence-corrected chi connectivity index (χ1v) is 4.34. The Balaban J connectivity index is 2.84. The summed E-state index contributed by atoms with van der Waals surface area (Å²) in [5.74, 6) is -1.03. The quantitative estimate of drug-likeness (QED) is 0.750. The van der Waals surface area contributed by atoms with Crippen LogP contribution < -0.4 is 0 Å². The Kier molecular flexibility index (Phi) is 1.81. The molecule has 0 saturated carbocycles. The molecule has 0 saturated heterocycles. The van der Waals surface area contributed by atoms with Crippen molar-refractivity contribution in [3.05, 3.63) is 28.6 Å². The maximum atomic E-state index is 10.8. The summed E-state index contributed by atoms with van der Waals surface area (Å²) in [7, 11) is 0. The van der Waals surface area contributed by atoms with Crippen molar-refractivity contribution >= 4 is 32.8 Å². The first-order valence-electron chi connectivity index (χ1n) is 3.55. The zero-order chi connectivity index (χ0) is 9.42. The average Bonchev–Trinajstić information content (AvgIpc) is 2.49. The molecule has 0 amide bonds. The molecule has 0 atom stereocenters. The largest absolute Gasteiger partial charge is 0.476 e. The lowest BCUT2D eigenvalue weighted by molar-refractivity contribution is 0.0692. The van der Waals surface area contributed by atoms with Gasteiger partial charge in [0, 0.05) is 11.6 Å². The fourth-order valence-electron chi connectivity index (χ4n) is 1.18. The van der Waals surface area contributed by atoms with Crippen molar-refractivity contribution in [2.45, 2.75) is 0 Å². The minimum absolute atomic E-state index is 0.0365. The number of nitrogens with one attached hydrogen (secondary N) is 1. The highest BCUT2D eigenvalue weighted by Crippen LogP contribution is 2.19. The van der Waals surface area contributed by atoms with Crippen LogP contribution in [0.1, 0.15) is 10.5 Å². The van der Waals surface area contributed by atoms with Gasteiger partial charge >= 0.3 is 5.97 Å². The van der Waals surface area contributed by atoms with E-state index in [2.05, 4.69) is 25.9 Å². The molecule has 5 heteroatoms. The molecule has 0 aliphatic carbocycles. The molecule has 2 N–H and O–H groups in total. The van der Waals surface area contributed by atoms with Crippen molar-refractivity contribution in [2.24, 2.45) is 0 Å². The Labute approximate surface area is 81.7 Å². The molecule has 66 valence electrons. The number of carboxylic acid groups (broad SMARTS) is 1. The maximum absolute atomic E-state index is 10.8. The number of H-pyrrole nitrogens is 1. The van der Waals surface area contributed by atoms with E-state index in [4.69, 9.17) is 5.11 Å². The van der Waals surface area contributed by atoms with Crippen molar-refractivity contribution in [3.8, 4) is 0 Å². The lowest BCUT2D eigenvalue weighted by Crippen LogP contribution is -2.01. The molecule has 0 unspecified atom stereocenters. The van der Waals surface area contributed by atoms with Gasteiger partial charge in [-0.25, -0.2) is 9.78 Å². The topological polar surface area (TPSA) is 66.0 Å². The van der Waals surface area contributed by atoms with Crippen LogP contribution in [0.15, 0.2) is 22.9 Å². The zero-order valence-electron chi connectivity index (χ0n) is 6.41. The Bertz CT molecular complexity index is 478. The summed E-state index contributed by atoms with van der Waals surface area (Å²) in [6, 6.07) is 3.56. The van der Waals surface area contributed by atoms with E-state index in [1.807, 2.05) is 0 Å². The highest BCUT2D eigenvalue weighted by atomic mass is 79.9. The molecule has 0 bridgehead atoms. The van der Waals surface area contributed by atoms with Gasteiger partial charge < -0.3 is 10.1 Å². The number of aromatic carboxylic acids is 1. The normalized spacial score (nSPS) is 10.5. The number of hydrogen-bond acceptors (Lipinski definition) is 2. The van der Waals surface area contributed by atoms with Gasteiger partial charge in [-0.2, -0.15) is 0 Å². The first-order chi connectivity index (χ1) is 6.18. The third-order valence-electron chi connectivity index (χ3n) is 1.71. The summed E-state index contributed by atoms with van der Waals surface area (Å²) in [6.45, 7) is 0. The Morgan fingerprint density at radius 1 is 1.62 bits per heavy atom. The van der Waals surface area contributed by atoms with Crippen molar-refractivity contribution in [3.63, 3.8) is 0 Å². The van der Waals surface area contributed by atoms with Crippen molar-refractivity contribution in [1.82, 2.24) is 9.97 Å². The minimum atomic E-state index is -1.03. The van der Waals surface area contributed by atoms with E-state index in [-0.39, 0.29) is 5.69 Å². The van der Waals surface area contributed by atoms with Crippen LogP contribution in [0.3, 0.4) is 0 Å². The fraction of sp³-hybridized carbons (Fsp3) is 0. The monoisotopic (exact) mass is 240 g/mol. The number of rotatable bonds is 1. The number of carbonyl (C=O) groups is 1. The Morgan fingerprint density at radius 3 is 3.08 bits per heavy atom. The molecular weight excluding hydrogens is 236 g/mol. The van der Waals surface area contributed by atoms with E-state index < -0.39 is 5.97 Å². The van der Waals surface area contributed by atoms with Gasteiger partial charge in [0.2, 0.25) is 0 Å². The summed E-state index contributed by atoms with van der Waals surface area (Å²) in [4.78, 5) is 17.5. The van der Waals surface area contributed by atoms with Crippen LogP contribution in [0.2, 0.25) is 0 Å². The summed E-state index contributed by atoms with van der Waals surface area (Å²) < 4.78 is 0.525. The number of nitrogens with zero attached hydrogens (tertiary/aromatic N) is 1. The maximum Gasteiger partial charge on any atom is 0.356 e. The molecule has 2 heterocycles. The molecule has 0 radical (unpaired) electrons. The number of pyridine rings is 1. The molecule has 0 aliphatic heterocycles. The molecule has 2 aromatic rings. The van der Waals surface area contributed by atoms with Crippen LogP contribution in [0.25, 0.3) is 10.9 Å². The Hall–Kier alpha value is -1.36. The predicted molar refractivity (Wildman–Crippen MR) is 50.8 cm³/mol. The number of aromatic nitrogens is 2. The molecule has 13 heavy (non-hydrogen) atoms. The standard InChI is InChI=1S/C8H5BrN2O2/c9-5-3-4-1-2-10-6(4)7(11-5)8(12)13/h1-3,10H,(H,12,13). The first kappa shape index (κ1) is 8.25. The summed E-state index contributed by atoms with van der Waals surface area (Å²) in [5.41, 5.74) is 0.588. The van der Waals surface area contributed by atoms with E-state index in [0.29, 0.717) is 10.1 Å². The third kappa shape index (κ3) is 1.31. The van der Waals surface area contributed by atoms with Gasteiger partial charge in [-0.15, -0.1) is 0 Å². The number of aromatic amines is 1. The van der Waals surface area contributed by atoms with Crippen molar-refractivity contribution in [1.29, 1.82) is 0 Å². The minimum Gasteiger partial charge on any atom is -0.476 e. The van der Waals surface area contributed by atoms with E-state index >= 15 is 0 Å². The smallest absolute Gasteiger partial charge is 0.356 e. The molecule has 0 fully saturated rings. The second kappa shape index (κ2) is 2.85. The SMILES string of the molecule is O=C(O)c1nc(Br)cc2cc[nH]c12. The van der Waals surface area contributed by atoms with Gasteiger partial charge in [-0.05, 0) is 28.1 Å². The van der Waals surface area contributed by atoms with E-state index in [1.165, 1.54) is 0 Å². The van der Waals surface area contributed by atoms with E-state index in [0.717, 1.165) is 5.39 Å². The van der Waals surface area contributed by atoms with Gasteiger partial charge in [0.1, 0.15) is 4.60 Å². The molecule has 0 aliphatic rings. The van der Waals surface area contributed by atoms with Crippen LogP contribution in [-0.4, -0.2) is 21.0 Å². The van der Waals surface area contributed by atoms with Crippen LogP contribution in [-0.2, 0) is 0 Å².